The molecule has 1 aliphatic heterocycles. The summed E-state index contributed by atoms with van der Waals surface area (Å²) >= 11 is 5.82. The Morgan fingerprint density at radius 2 is 2.00 bits per heavy atom. The second kappa shape index (κ2) is 5.31. The molecule has 0 radical (unpaired) electrons. The van der Waals surface area contributed by atoms with Crippen molar-refractivity contribution in [2.75, 3.05) is 13.1 Å². The first-order chi connectivity index (χ1) is 10.4. The lowest BCUT2D eigenvalue weighted by Gasteiger charge is -2.30. The zero-order chi connectivity index (χ0) is 15.9. The first kappa shape index (κ1) is 14.9. The van der Waals surface area contributed by atoms with Gasteiger partial charge in [0, 0.05) is 18.1 Å². The minimum absolute atomic E-state index is 0.155. The fourth-order valence-electron chi connectivity index (χ4n) is 2.27. The first-order valence-corrected chi connectivity index (χ1v) is 6.96. The lowest BCUT2D eigenvalue weighted by molar-refractivity contribution is -0.143. The number of carbonyl (C=O) groups excluding carboxylic acids is 1. The molecule has 8 heteroatoms. The standard InChI is InChI=1S/C14H11ClF3N3O/c15-9-3-1-4-10(7-9)21-12(14(16,17)18)11(8-19-21)13(22)20-5-2-6-20/h1,3-4,7-8H,2,5-6H2. The number of carbonyl (C=O) groups is 1. The van der Waals surface area contributed by atoms with Crippen LogP contribution in [-0.2, 0) is 6.18 Å². The van der Waals surface area contributed by atoms with Crippen molar-refractivity contribution in [3.8, 4) is 5.69 Å². The predicted octanol–water partition coefficient (Wildman–Crippen LogP) is 3.39. The van der Waals surface area contributed by atoms with Crippen molar-refractivity contribution in [1.29, 1.82) is 0 Å². The zero-order valence-corrected chi connectivity index (χ0v) is 12.0. The lowest BCUT2D eigenvalue weighted by atomic mass is 10.1. The first-order valence-electron chi connectivity index (χ1n) is 6.58. The van der Waals surface area contributed by atoms with Crippen LogP contribution in [0.25, 0.3) is 5.69 Å². The Kier molecular flexibility index (Phi) is 3.60. The Hall–Kier alpha value is -2.02. The van der Waals surface area contributed by atoms with Crippen LogP contribution in [0.4, 0.5) is 13.2 Å². The largest absolute Gasteiger partial charge is 0.434 e. The number of rotatable bonds is 2. The molecule has 0 N–H and O–H groups in total. The number of hydrogen-bond acceptors (Lipinski definition) is 2. The molecule has 0 spiro atoms. The quantitative estimate of drug-likeness (QED) is 0.847. The number of halogens is 4. The Morgan fingerprint density at radius 3 is 2.55 bits per heavy atom. The van der Waals surface area contributed by atoms with Gasteiger partial charge < -0.3 is 4.90 Å². The van der Waals surface area contributed by atoms with Crippen LogP contribution in [0.1, 0.15) is 22.5 Å². The van der Waals surface area contributed by atoms with Crippen LogP contribution in [-0.4, -0.2) is 33.7 Å². The van der Waals surface area contributed by atoms with Crippen molar-refractivity contribution in [2.24, 2.45) is 0 Å². The van der Waals surface area contributed by atoms with Gasteiger partial charge in [-0.3, -0.25) is 4.79 Å². The van der Waals surface area contributed by atoms with Crippen LogP contribution in [0.5, 0.6) is 0 Å². The summed E-state index contributed by atoms with van der Waals surface area (Å²) in [5.74, 6) is -0.646. The molecule has 1 aliphatic rings. The molecule has 1 amide bonds. The molecule has 2 heterocycles. The van der Waals surface area contributed by atoms with E-state index in [0.717, 1.165) is 12.6 Å². The molecular weight excluding hydrogens is 319 g/mol. The third kappa shape index (κ3) is 2.56. The predicted molar refractivity (Wildman–Crippen MR) is 74.1 cm³/mol. The number of amides is 1. The molecule has 4 nitrogen and oxygen atoms in total. The van der Waals surface area contributed by atoms with Crippen molar-refractivity contribution < 1.29 is 18.0 Å². The Morgan fingerprint density at radius 1 is 1.27 bits per heavy atom. The number of benzene rings is 1. The SMILES string of the molecule is O=C(c1cnn(-c2cccc(Cl)c2)c1C(F)(F)F)N1CCC1. The second-order valence-corrected chi connectivity index (χ2v) is 5.38. The van der Waals surface area contributed by atoms with Gasteiger partial charge in [0.2, 0.25) is 0 Å². The van der Waals surface area contributed by atoms with Gasteiger partial charge >= 0.3 is 6.18 Å². The van der Waals surface area contributed by atoms with Crippen LogP contribution in [0.3, 0.4) is 0 Å². The van der Waals surface area contributed by atoms with Gasteiger partial charge in [-0.15, -0.1) is 0 Å². The minimum atomic E-state index is -4.70. The second-order valence-electron chi connectivity index (χ2n) is 4.94. The molecular formula is C14H11ClF3N3O. The Bertz CT molecular complexity index is 722. The van der Waals surface area contributed by atoms with Gasteiger partial charge in [0.25, 0.3) is 5.91 Å². The van der Waals surface area contributed by atoms with Crippen molar-refractivity contribution in [2.45, 2.75) is 12.6 Å². The zero-order valence-electron chi connectivity index (χ0n) is 11.3. The Labute approximate surface area is 129 Å². The Balaban J connectivity index is 2.11. The van der Waals surface area contributed by atoms with E-state index in [-0.39, 0.29) is 10.7 Å². The summed E-state index contributed by atoms with van der Waals surface area (Å²) in [6, 6.07) is 5.89. The van der Waals surface area contributed by atoms with Gasteiger partial charge in [0.1, 0.15) is 0 Å². The van der Waals surface area contributed by atoms with Crippen molar-refractivity contribution in [1.82, 2.24) is 14.7 Å². The molecule has 1 aromatic heterocycles. The molecule has 1 fully saturated rings. The number of aromatic nitrogens is 2. The van der Waals surface area contributed by atoms with E-state index in [1.54, 1.807) is 6.07 Å². The van der Waals surface area contributed by atoms with Crippen LogP contribution < -0.4 is 0 Å². The van der Waals surface area contributed by atoms with Crippen molar-refractivity contribution >= 4 is 17.5 Å². The lowest BCUT2D eigenvalue weighted by Crippen LogP contribution is -2.42. The number of alkyl halides is 3. The topological polar surface area (TPSA) is 38.1 Å². The maximum Gasteiger partial charge on any atom is 0.434 e. The summed E-state index contributed by atoms with van der Waals surface area (Å²) in [6.45, 7) is 0.941. The average Bonchev–Trinajstić information content (AvgIpc) is 2.81. The van der Waals surface area contributed by atoms with Gasteiger partial charge in [0.05, 0.1) is 17.4 Å². The van der Waals surface area contributed by atoms with E-state index in [1.807, 2.05) is 0 Å². The maximum absolute atomic E-state index is 13.4. The molecule has 2 aromatic rings. The van der Waals surface area contributed by atoms with Gasteiger partial charge in [-0.2, -0.15) is 18.3 Å². The van der Waals surface area contributed by atoms with Crippen molar-refractivity contribution in [3.05, 3.63) is 46.7 Å². The van der Waals surface area contributed by atoms with Crippen LogP contribution in [0.15, 0.2) is 30.5 Å². The number of likely N-dealkylation sites (tertiary alicyclic amines) is 1. The van der Waals surface area contributed by atoms with Gasteiger partial charge in [-0.25, -0.2) is 4.68 Å². The summed E-state index contributed by atoms with van der Waals surface area (Å²) in [5, 5.41) is 4.03. The van der Waals surface area contributed by atoms with Crippen LogP contribution in [0, 0.1) is 0 Å². The molecule has 22 heavy (non-hydrogen) atoms. The maximum atomic E-state index is 13.4. The summed E-state index contributed by atoms with van der Waals surface area (Å²) < 4.78 is 40.9. The van der Waals surface area contributed by atoms with E-state index < -0.39 is 23.3 Å². The highest BCUT2D eigenvalue weighted by Gasteiger charge is 2.41. The van der Waals surface area contributed by atoms with E-state index >= 15 is 0 Å². The van der Waals surface area contributed by atoms with E-state index in [0.29, 0.717) is 17.8 Å². The highest BCUT2D eigenvalue weighted by molar-refractivity contribution is 6.30. The van der Waals surface area contributed by atoms with Crippen LogP contribution in [0.2, 0.25) is 5.02 Å². The third-order valence-electron chi connectivity index (χ3n) is 3.46. The van der Waals surface area contributed by atoms with E-state index in [9.17, 15) is 18.0 Å². The molecule has 1 aromatic carbocycles. The molecule has 0 saturated carbocycles. The van der Waals surface area contributed by atoms with E-state index in [2.05, 4.69) is 5.10 Å². The van der Waals surface area contributed by atoms with E-state index in [4.69, 9.17) is 11.6 Å². The summed E-state index contributed by atoms with van der Waals surface area (Å²) in [6.07, 6.45) is -2.94. The smallest absolute Gasteiger partial charge is 0.338 e. The third-order valence-corrected chi connectivity index (χ3v) is 3.70. The molecule has 0 unspecified atom stereocenters. The summed E-state index contributed by atoms with van der Waals surface area (Å²) in [4.78, 5) is 13.5. The fraction of sp³-hybridized carbons (Fsp3) is 0.286. The summed E-state index contributed by atoms with van der Waals surface area (Å²) in [7, 11) is 0. The monoisotopic (exact) mass is 329 g/mol. The molecule has 1 saturated heterocycles. The average molecular weight is 330 g/mol. The highest BCUT2D eigenvalue weighted by atomic mass is 35.5. The highest BCUT2D eigenvalue weighted by Crippen LogP contribution is 2.35. The molecule has 116 valence electrons. The number of nitrogens with zero attached hydrogens (tertiary/aromatic N) is 3. The van der Waals surface area contributed by atoms with E-state index in [1.165, 1.54) is 23.1 Å². The summed E-state index contributed by atoms with van der Waals surface area (Å²) in [5.41, 5.74) is -1.36. The van der Waals surface area contributed by atoms with Gasteiger partial charge in [0.15, 0.2) is 5.69 Å². The van der Waals surface area contributed by atoms with Crippen LogP contribution >= 0.6 is 11.6 Å². The van der Waals surface area contributed by atoms with Gasteiger partial charge in [-0.1, -0.05) is 17.7 Å². The molecule has 3 rings (SSSR count). The van der Waals surface area contributed by atoms with Gasteiger partial charge in [-0.05, 0) is 24.6 Å². The fourth-order valence-corrected chi connectivity index (χ4v) is 2.46. The number of hydrogen-bond donors (Lipinski definition) is 0. The molecule has 0 bridgehead atoms. The minimum Gasteiger partial charge on any atom is -0.338 e. The van der Waals surface area contributed by atoms with Crippen molar-refractivity contribution in [3.63, 3.8) is 0 Å². The molecule has 0 aliphatic carbocycles. The molecule has 0 atom stereocenters. The normalized spacial score (nSPS) is 14.8.